The molecule has 1 aromatic rings. The number of thioether (sulfide) groups is 1. The fraction of sp³-hybridized carbons (Fsp3) is 0.647. The van der Waals surface area contributed by atoms with Crippen molar-refractivity contribution in [3.63, 3.8) is 0 Å². The molecule has 1 aliphatic heterocycles. The van der Waals surface area contributed by atoms with Gasteiger partial charge >= 0.3 is 0 Å². The third-order valence-corrected chi connectivity index (χ3v) is 4.91. The van der Waals surface area contributed by atoms with Gasteiger partial charge in [-0.25, -0.2) is 0 Å². The summed E-state index contributed by atoms with van der Waals surface area (Å²) in [4.78, 5) is 2.63. The third-order valence-electron chi connectivity index (χ3n) is 4.22. The highest BCUT2D eigenvalue weighted by Crippen LogP contribution is 2.24. The predicted octanol–water partition coefficient (Wildman–Crippen LogP) is 3.34. The minimum Gasteiger partial charge on any atom is -0.305 e. The van der Waals surface area contributed by atoms with E-state index in [-0.39, 0.29) is 5.54 Å². The second kappa shape index (κ2) is 8.06. The number of rotatable bonds is 7. The molecule has 2 nitrogen and oxygen atoms in total. The monoisotopic (exact) mass is 292 g/mol. The predicted molar refractivity (Wildman–Crippen MR) is 90.5 cm³/mol. The van der Waals surface area contributed by atoms with Gasteiger partial charge in [0.25, 0.3) is 0 Å². The van der Waals surface area contributed by atoms with Crippen molar-refractivity contribution in [3.05, 3.63) is 35.9 Å². The molecule has 1 aliphatic rings. The molecule has 1 saturated heterocycles. The summed E-state index contributed by atoms with van der Waals surface area (Å²) in [5, 5.41) is 3.71. The average molecular weight is 292 g/mol. The summed E-state index contributed by atoms with van der Waals surface area (Å²) in [5.74, 6) is 1.31. The number of hydrogen-bond acceptors (Lipinski definition) is 3. The molecule has 20 heavy (non-hydrogen) atoms. The molecule has 3 heteroatoms. The van der Waals surface area contributed by atoms with E-state index in [2.05, 4.69) is 53.7 Å². The first-order valence-corrected chi connectivity index (χ1v) is 9.16. The van der Waals surface area contributed by atoms with Crippen LogP contribution in [0.15, 0.2) is 30.3 Å². The molecule has 1 heterocycles. The van der Waals surface area contributed by atoms with Crippen LogP contribution in [-0.4, -0.2) is 43.1 Å². The molecule has 0 amide bonds. The number of hydrogen-bond donors (Lipinski definition) is 1. The van der Waals surface area contributed by atoms with Gasteiger partial charge in [0.05, 0.1) is 5.54 Å². The van der Waals surface area contributed by atoms with Crippen molar-refractivity contribution in [2.75, 3.05) is 38.2 Å². The number of benzene rings is 1. The number of unbranched alkanes of at least 4 members (excludes halogenated alkanes) is 2. The Bertz CT molecular complexity index is 382. The van der Waals surface area contributed by atoms with Gasteiger partial charge < -0.3 is 5.32 Å². The Morgan fingerprint density at radius 1 is 1.20 bits per heavy atom. The maximum Gasteiger partial charge on any atom is 0.0535 e. The molecule has 1 unspecified atom stereocenters. The fourth-order valence-corrected chi connectivity index (χ4v) is 3.51. The van der Waals surface area contributed by atoms with E-state index in [1.165, 1.54) is 43.7 Å². The van der Waals surface area contributed by atoms with E-state index in [9.17, 15) is 0 Å². The Morgan fingerprint density at radius 2 is 2.00 bits per heavy atom. The molecule has 1 N–H and O–H groups in total. The molecule has 0 aliphatic carbocycles. The fourth-order valence-electron chi connectivity index (χ4n) is 3.02. The Morgan fingerprint density at radius 3 is 2.75 bits per heavy atom. The SMILES string of the molecule is CSCCCCCN1CCNC(C)(c2ccccc2)C1. The zero-order chi connectivity index (χ0) is 14.3. The van der Waals surface area contributed by atoms with E-state index in [0.717, 1.165) is 13.1 Å². The van der Waals surface area contributed by atoms with Crippen LogP contribution in [0.2, 0.25) is 0 Å². The second-order valence-electron chi connectivity index (χ2n) is 5.95. The summed E-state index contributed by atoms with van der Waals surface area (Å²) in [6, 6.07) is 10.9. The summed E-state index contributed by atoms with van der Waals surface area (Å²) in [5.41, 5.74) is 1.52. The lowest BCUT2D eigenvalue weighted by Crippen LogP contribution is -2.56. The first-order chi connectivity index (χ1) is 9.74. The molecule has 1 fully saturated rings. The van der Waals surface area contributed by atoms with E-state index >= 15 is 0 Å². The summed E-state index contributed by atoms with van der Waals surface area (Å²) in [6.45, 7) is 6.99. The smallest absolute Gasteiger partial charge is 0.0535 e. The molecule has 0 bridgehead atoms. The van der Waals surface area contributed by atoms with Crippen molar-refractivity contribution in [1.29, 1.82) is 0 Å². The highest BCUT2D eigenvalue weighted by molar-refractivity contribution is 7.98. The molecule has 2 rings (SSSR count). The summed E-state index contributed by atoms with van der Waals surface area (Å²) >= 11 is 1.96. The lowest BCUT2D eigenvalue weighted by atomic mass is 9.89. The Kier molecular flexibility index (Phi) is 6.40. The van der Waals surface area contributed by atoms with Crippen LogP contribution >= 0.6 is 11.8 Å². The van der Waals surface area contributed by atoms with Gasteiger partial charge in [-0.1, -0.05) is 36.8 Å². The van der Waals surface area contributed by atoms with Gasteiger partial charge in [0.15, 0.2) is 0 Å². The van der Waals surface area contributed by atoms with Crippen LogP contribution < -0.4 is 5.32 Å². The zero-order valence-electron chi connectivity index (χ0n) is 12.9. The molecular formula is C17H28N2S. The normalized spacial score (nSPS) is 23.9. The second-order valence-corrected chi connectivity index (χ2v) is 6.94. The van der Waals surface area contributed by atoms with Crippen LogP contribution in [0, 0.1) is 0 Å². The maximum absolute atomic E-state index is 3.71. The molecule has 0 saturated carbocycles. The quantitative estimate of drug-likeness (QED) is 0.776. The Balaban J connectivity index is 1.82. The zero-order valence-corrected chi connectivity index (χ0v) is 13.7. The standard InChI is InChI=1S/C17H28N2S/c1-17(16-9-5-3-6-10-16)15-19(13-11-18-17)12-7-4-8-14-20-2/h3,5-6,9-10,18H,4,7-8,11-15H2,1-2H3. The van der Waals surface area contributed by atoms with Gasteiger partial charge in [-0.15, -0.1) is 0 Å². The summed E-state index contributed by atoms with van der Waals surface area (Å²) in [6.07, 6.45) is 6.27. The molecule has 1 atom stereocenters. The average Bonchev–Trinajstić information content (AvgIpc) is 2.48. The van der Waals surface area contributed by atoms with Gasteiger partial charge in [0.2, 0.25) is 0 Å². The van der Waals surface area contributed by atoms with Crippen molar-refractivity contribution in [2.45, 2.75) is 31.7 Å². The van der Waals surface area contributed by atoms with Crippen LogP contribution in [-0.2, 0) is 5.54 Å². The minimum atomic E-state index is 0.110. The van der Waals surface area contributed by atoms with Crippen LogP contribution in [0.5, 0.6) is 0 Å². The minimum absolute atomic E-state index is 0.110. The van der Waals surface area contributed by atoms with Crippen LogP contribution in [0.3, 0.4) is 0 Å². The number of nitrogens with one attached hydrogen (secondary N) is 1. The van der Waals surface area contributed by atoms with Gasteiger partial charge in [-0.3, -0.25) is 4.90 Å². The largest absolute Gasteiger partial charge is 0.305 e. The molecule has 0 radical (unpaired) electrons. The Labute approximate surface area is 128 Å². The summed E-state index contributed by atoms with van der Waals surface area (Å²) < 4.78 is 0. The van der Waals surface area contributed by atoms with Gasteiger partial charge in [-0.2, -0.15) is 11.8 Å². The van der Waals surface area contributed by atoms with Crippen LogP contribution in [0.25, 0.3) is 0 Å². The first kappa shape index (κ1) is 15.9. The van der Waals surface area contributed by atoms with Crippen molar-refractivity contribution in [1.82, 2.24) is 10.2 Å². The van der Waals surface area contributed by atoms with Crippen molar-refractivity contribution in [2.24, 2.45) is 0 Å². The summed E-state index contributed by atoms with van der Waals surface area (Å²) in [7, 11) is 0. The topological polar surface area (TPSA) is 15.3 Å². The molecule has 1 aromatic carbocycles. The highest BCUT2D eigenvalue weighted by Gasteiger charge is 2.31. The Hall–Kier alpha value is -0.510. The van der Waals surface area contributed by atoms with Crippen molar-refractivity contribution >= 4 is 11.8 Å². The lowest BCUT2D eigenvalue weighted by Gasteiger charge is -2.42. The van der Waals surface area contributed by atoms with E-state index in [4.69, 9.17) is 0 Å². The molecule has 0 aromatic heterocycles. The van der Waals surface area contributed by atoms with Gasteiger partial charge in [0.1, 0.15) is 0 Å². The third kappa shape index (κ3) is 4.51. The molecule has 0 spiro atoms. The van der Waals surface area contributed by atoms with Crippen LogP contribution in [0.1, 0.15) is 31.7 Å². The highest BCUT2D eigenvalue weighted by atomic mass is 32.2. The lowest BCUT2D eigenvalue weighted by molar-refractivity contribution is 0.141. The van der Waals surface area contributed by atoms with E-state index in [1.807, 2.05) is 11.8 Å². The maximum atomic E-state index is 3.71. The first-order valence-electron chi connectivity index (χ1n) is 7.76. The van der Waals surface area contributed by atoms with Gasteiger partial charge in [-0.05, 0) is 43.9 Å². The number of piperazine rings is 1. The number of nitrogens with zero attached hydrogens (tertiary/aromatic N) is 1. The van der Waals surface area contributed by atoms with Crippen molar-refractivity contribution < 1.29 is 0 Å². The van der Waals surface area contributed by atoms with E-state index in [1.54, 1.807) is 0 Å². The van der Waals surface area contributed by atoms with Gasteiger partial charge in [0, 0.05) is 19.6 Å². The van der Waals surface area contributed by atoms with Crippen LogP contribution in [0.4, 0.5) is 0 Å². The molecular weight excluding hydrogens is 264 g/mol. The molecule has 112 valence electrons. The van der Waals surface area contributed by atoms with E-state index < -0.39 is 0 Å². The van der Waals surface area contributed by atoms with Crippen molar-refractivity contribution in [3.8, 4) is 0 Å². The van der Waals surface area contributed by atoms with E-state index in [0.29, 0.717) is 0 Å².